The number of carbonyl (C=O) groups is 1. The molecule has 0 bridgehead atoms. The predicted molar refractivity (Wildman–Crippen MR) is 58.4 cm³/mol. The van der Waals surface area contributed by atoms with Gasteiger partial charge in [-0.25, -0.2) is 0 Å². The lowest BCUT2D eigenvalue weighted by atomic mass is 9.85. The van der Waals surface area contributed by atoms with Gasteiger partial charge in [-0.05, 0) is 38.3 Å². The predicted octanol–water partition coefficient (Wildman–Crippen LogP) is 1.04. The Morgan fingerprint density at radius 1 is 1.47 bits per heavy atom. The molecule has 0 aromatic carbocycles. The van der Waals surface area contributed by atoms with E-state index in [2.05, 4.69) is 5.32 Å². The van der Waals surface area contributed by atoms with Crippen LogP contribution in [0.1, 0.15) is 25.7 Å². The number of rotatable bonds is 2. The molecule has 1 atom stereocenters. The molecule has 2 saturated heterocycles. The largest absolute Gasteiger partial charge is 0.481 e. The van der Waals surface area contributed by atoms with E-state index >= 15 is 0 Å². The van der Waals surface area contributed by atoms with Crippen molar-refractivity contribution in [3.05, 3.63) is 0 Å². The average Bonchev–Trinajstić information content (AvgIpc) is 2.49. The maximum absolute atomic E-state index is 10.6. The lowest BCUT2D eigenvalue weighted by Crippen LogP contribution is -2.41. The minimum Gasteiger partial charge on any atom is -0.481 e. The summed E-state index contributed by atoms with van der Waals surface area (Å²) in [6, 6.07) is 0. The lowest BCUT2D eigenvalue weighted by molar-refractivity contribution is -0.138. The molecule has 2 N–H and O–H groups in total. The molecule has 1 spiro atoms. The van der Waals surface area contributed by atoms with Crippen LogP contribution >= 0.6 is 12.4 Å². The molecule has 0 aliphatic carbocycles. The molecular formula is C10H18ClNO3. The zero-order valence-electron chi connectivity index (χ0n) is 8.70. The quantitative estimate of drug-likeness (QED) is 0.751. The van der Waals surface area contributed by atoms with Crippen LogP contribution in [0.15, 0.2) is 0 Å². The highest BCUT2D eigenvalue weighted by Gasteiger charge is 2.41. The summed E-state index contributed by atoms with van der Waals surface area (Å²) in [6.45, 7) is 2.63. The molecule has 2 fully saturated rings. The molecule has 0 amide bonds. The molecule has 1 unspecified atom stereocenters. The van der Waals surface area contributed by atoms with E-state index in [0.29, 0.717) is 6.61 Å². The summed E-state index contributed by atoms with van der Waals surface area (Å²) in [6.07, 6.45) is 3.25. The van der Waals surface area contributed by atoms with E-state index in [9.17, 15) is 4.79 Å². The smallest absolute Gasteiger partial charge is 0.303 e. The summed E-state index contributed by atoms with van der Waals surface area (Å²) >= 11 is 0. The molecule has 2 rings (SSSR count). The summed E-state index contributed by atoms with van der Waals surface area (Å²) < 4.78 is 5.79. The van der Waals surface area contributed by atoms with Crippen LogP contribution in [0.3, 0.4) is 0 Å². The monoisotopic (exact) mass is 235 g/mol. The molecule has 2 aliphatic heterocycles. The Morgan fingerprint density at radius 3 is 2.73 bits per heavy atom. The third-order valence-corrected chi connectivity index (χ3v) is 3.26. The van der Waals surface area contributed by atoms with Crippen LogP contribution in [0.5, 0.6) is 0 Å². The molecule has 4 nitrogen and oxygen atoms in total. The van der Waals surface area contributed by atoms with Gasteiger partial charge < -0.3 is 15.2 Å². The Labute approximate surface area is 95.8 Å². The van der Waals surface area contributed by atoms with Crippen molar-refractivity contribution >= 4 is 18.4 Å². The first-order valence-corrected chi connectivity index (χ1v) is 5.27. The maximum atomic E-state index is 10.6. The minimum atomic E-state index is -0.704. The minimum absolute atomic E-state index is 0. The lowest BCUT2D eigenvalue weighted by Gasteiger charge is -2.32. The average molecular weight is 236 g/mol. The fourth-order valence-electron chi connectivity index (χ4n) is 2.55. The second kappa shape index (κ2) is 5.14. The van der Waals surface area contributed by atoms with Crippen molar-refractivity contribution < 1.29 is 14.6 Å². The summed E-state index contributed by atoms with van der Waals surface area (Å²) in [5.74, 6) is -0.477. The topological polar surface area (TPSA) is 58.6 Å². The van der Waals surface area contributed by atoms with E-state index in [1.807, 2.05) is 0 Å². The molecule has 0 aromatic rings. The Hall–Kier alpha value is -0.320. The number of carboxylic acid groups (broad SMARTS) is 1. The third kappa shape index (κ3) is 3.06. The molecule has 2 heterocycles. The van der Waals surface area contributed by atoms with Gasteiger partial charge in [-0.2, -0.15) is 0 Å². The Kier molecular flexibility index (Phi) is 4.37. The first-order valence-electron chi connectivity index (χ1n) is 5.27. The van der Waals surface area contributed by atoms with Crippen LogP contribution in [-0.4, -0.2) is 36.4 Å². The van der Waals surface area contributed by atoms with Crippen LogP contribution in [0.2, 0.25) is 0 Å². The van der Waals surface area contributed by atoms with Crippen molar-refractivity contribution in [2.75, 3.05) is 19.7 Å². The molecule has 0 radical (unpaired) electrons. The van der Waals surface area contributed by atoms with Gasteiger partial charge in [0.05, 0.1) is 18.6 Å². The molecule has 0 aromatic heterocycles. The van der Waals surface area contributed by atoms with E-state index in [1.54, 1.807) is 0 Å². The molecule has 0 saturated carbocycles. The van der Waals surface area contributed by atoms with Crippen molar-refractivity contribution in [2.24, 2.45) is 5.92 Å². The Bertz CT molecular complexity index is 229. The molecule has 5 heteroatoms. The molecular weight excluding hydrogens is 218 g/mol. The zero-order chi connectivity index (χ0) is 10.0. The van der Waals surface area contributed by atoms with Crippen molar-refractivity contribution in [3.8, 4) is 0 Å². The number of hydrogen-bond acceptors (Lipinski definition) is 3. The first kappa shape index (κ1) is 12.7. The van der Waals surface area contributed by atoms with Gasteiger partial charge in [0, 0.05) is 0 Å². The van der Waals surface area contributed by atoms with Gasteiger partial charge in [-0.15, -0.1) is 12.4 Å². The second-order valence-electron chi connectivity index (χ2n) is 4.41. The highest BCUT2D eigenvalue weighted by atomic mass is 35.5. The number of carboxylic acids is 1. The number of aliphatic carboxylic acids is 1. The normalized spacial score (nSPS) is 28.7. The van der Waals surface area contributed by atoms with Crippen LogP contribution in [-0.2, 0) is 9.53 Å². The zero-order valence-corrected chi connectivity index (χ0v) is 9.52. The standard InChI is InChI=1S/C10H17NO3.ClH/c12-9(13)5-8-6-10(14-7-8)1-3-11-4-2-10;/h8,11H,1-7H2,(H,12,13);1H. The van der Waals surface area contributed by atoms with Gasteiger partial charge in [-0.1, -0.05) is 0 Å². The molecule has 88 valence electrons. The summed E-state index contributed by atoms with van der Waals surface area (Å²) in [4.78, 5) is 10.6. The number of hydrogen-bond donors (Lipinski definition) is 2. The second-order valence-corrected chi connectivity index (χ2v) is 4.41. The van der Waals surface area contributed by atoms with Gasteiger partial charge in [0.2, 0.25) is 0 Å². The van der Waals surface area contributed by atoms with Gasteiger partial charge >= 0.3 is 5.97 Å². The fraction of sp³-hybridized carbons (Fsp3) is 0.900. The van der Waals surface area contributed by atoms with Crippen LogP contribution in [0, 0.1) is 5.92 Å². The highest BCUT2D eigenvalue weighted by Crippen LogP contribution is 2.38. The van der Waals surface area contributed by atoms with Crippen molar-refractivity contribution in [3.63, 3.8) is 0 Å². The SMILES string of the molecule is Cl.O=C(O)CC1COC2(CCNCC2)C1. The van der Waals surface area contributed by atoms with E-state index < -0.39 is 5.97 Å². The fourth-order valence-corrected chi connectivity index (χ4v) is 2.55. The van der Waals surface area contributed by atoms with Gasteiger partial charge in [-0.3, -0.25) is 4.79 Å². The maximum Gasteiger partial charge on any atom is 0.303 e. The van der Waals surface area contributed by atoms with E-state index in [1.165, 1.54) is 0 Å². The van der Waals surface area contributed by atoms with Crippen LogP contribution < -0.4 is 5.32 Å². The van der Waals surface area contributed by atoms with Gasteiger partial charge in [0.15, 0.2) is 0 Å². The highest BCUT2D eigenvalue weighted by molar-refractivity contribution is 5.85. The van der Waals surface area contributed by atoms with E-state index in [0.717, 1.165) is 32.4 Å². The van der Waals surface area contributed by atoms with Crippen molar-refractivity contribution in [1.29, 1.82) is 0 Å². The van der Waals surface area contributed by atoms with Gasteiger partial charge in [0.25, 0.3) is 0 Å². The summed E-state index contributed by atoms with van der Waals surface area (Å²) in [5, 5.41) is 12.0. The number of ether oxygens (including phenoxy) is 1. The molecule has 2 aliphatic rings. The van der Waals surface area contributed by atoms with E-state index in [4.69, 9.17) is 9.84 Å². The first-order chi connectivity index (χ1) is 6.70. The number of nitrogens with one attached hydrogen (secondary N) is 1. The van der Waals surface area contributed by atoms with E-state index in [-0.39, 0.29) is 30.3 Å². The Morgan fingerprint density at radius 2 is 2.13 bits per heavy atom. The van der Waals surface area contributed by atoms with Crippen molar-refractivity contribution in [1.82, 2.24) is 5.32 Å². The summed E-state index contributed by atoms with van der Waals surface area (Å²) in [7, 11) is 0. The summed E-state index contributed by atoms with van der Waals surface area (Å²) in [5.41, 5.74) is 0.00532. The molecule has 15 heavy (non-hydrogen) atoms. The Balaban J connectivity index is 0.00000112. The number of piperidine rings is 1. The van der Waals surface area contributed by atoms with Crippen molar-refractivity contribution in [2.45, 2.75) is 31.3 Å². The van der Waals surface area contributed by atoms with Crippen LogP contribution in [0.4, 0.5) is 0 Å². The number of halogens is 1. The third-order valence-electron chi connectivity index (χ3n) is 3.26. The van der Waals surface area contributed by atoms with Crippen LogP contribution in [0.25, 0.3) is 0 Å². The van der Waals surface area contributed by atoms with Gasteiger partial charge in [0.1, 0.15) is 0 Å².